The van der Waals surface area contributed by atoms with Gasteiger partial charge >= 0.3 is 6.18 Å². The van der Waals surface area contributed by atoms with E-state index in [4.69, 9.17) is 5.73 Å². The fraction of sp³-hybridized carbons (Fsp3) is 0.250. The number of rotatable bonds is 3. The van der Waals surface area contributed by atoms with Crippen molar-refractivity contribution < 1.29 is 13.2 Å². The molecule has 0 bridgehead atoms. The van der Waals surface area contributed by atoms with Gasteiger partial charge in [0.1, 0.15) is 0 Å². The lowest BCUT2D eigenvalue weighted by Gasteiger charge is -2.13. The molecule has 0 atom stereocenters. The summed E-state index contributed by atoms with van der Waals surface area (Å²) in [7, 11) is 0. The number of halogens is 3. The van der Waals surface area contributed by atoms with Crippen molar-refractivity contribution in [2.24, 2.45) is 5.73 Å². The highest BCUT2D eigenvalue weighted by molar-refractivity contribution is 7.99. The van der Waals surface area contributed by atoms with Gasteiger partial charge in [0.25, 0.3) is 0 Å². The third-order valence-corrected chi connectivity index (χ3v) is 4.30. The standard InChI is InChI=1S/C16H16F3NS/c1-10-3-5-13(7-11(10)2)21-14-6-4-12(9-20)15(8-14)16(17,18)19/h3-8H,9,20H2,1-2H3. The van der Waals surface area contributed by atoms with Crippen LogP contribution in [0.25, 0.3) is 0 Å². The lowest BCUT2D eigenvalue weighted by molar-refractivity contribution is -0.138. The van der Waals surface area contributed by atoms with E-state index in [2.05, 4.69) is 0 Å². The first-order valence-corrected chi connectivity index (χ1v) is 7.28. The fourth-order valence-electron chi connectivity index (χ4n) is 1.97. The summed E-state index contributed by atoms with van der Waals surface area (Å²) in [6.45, 7) is 3.86. The molecule has 0 spiro atoms. The summed E-state index contributed by atoms with van der Waals surface area (Å²) in [6, 6.07) is 10.2. The largest absolute Gasteiger partial charge is 0.416 e. The Morgan fingerprint density at radius 1 is 0.952 bits per heavy atom. The van der Waals surface area contributed by atoms with Crippen LogP contribution in [0.15, 0.2) is 46.2 Å². The van der Waals surface area contributed by atoms with Gasteiger partial charge in [0.2, 0.25) is 0 Å². The first-order valence-electron chi connectivity index (χ1n) is 6.46. The Morgan fingerprint density at radius 3 is 2.14 bits per heavy atom. The van der Waals surface area contributed by atoms with Gasteiger partial charge in [-0.15, -0.1) is 0 Å². The highest BCUT2D eigenvalue weighted by atomic mass is 32.2. The van der Waals surface area contributed by atoms with E-state index in [1.54, 1.807) is 6.07 Å². The second-order valence-corrected chi connectivity index (χ2v) is 6.02. The van der Waals surface area contributed by atoms with Crippen molar-refractivity contribution in [3.8, 4) is 0 Å². The summed E-state index contributed by atoms with van der Waals surface area (Å²) in [6.07, 6.45) is -4.38. The topological polar surface area (TPSA) is 26.0 Å². The van der Waals surface area contributed by atoms with E-state index in [9.17, 15) is 13.2 Å². The van der Waals surface area contributed by atoms with Crippen molar-refractivity contribution in [2.75, 3.05) is 0 Å². The number of alkyl halides is 3. The second-order valence-electron chi connectivity index (χ2n) is 4.87. The van der Waals surface area contributed by atoms with Crippen LogP contribution in [-0.4, -0.2) is 0 Å². The molecule has 0 heterocycles. The Morgan fingerprint density at radius 2 is 1.57 bits per heavy atom. The Labute approximate surface area is 126 Å². The molecule has 0 unspecified atom stereocenters. The van der Waals surface area contributed by atoms with Gasteiger partial charge in [-0.3, -0.25) is 0 Å². The van der Waals surface area contributed by atoms with E-state index in [0.717, 1.165) is 16.0 Å². The highest BCUT2D eigenvalue weighted by Gasteiger charge is 2.33. The minimum absolute atomic E-state index is 0.118. The van der Waals surface area contributed by atoms with Crippen LogP contribution in [0.4, 0.5) is 13.2 Å². The normalized spacial score (nSPS) is 11.7. The molecular formula is C16H16F3NS. The van der Waals surface area contributed by atoms with Crippen molar-refractivity contribution >= 4 is 11.8 Å². The predicted molar refractivity (Wildman–Crippen MR) is 79.4 cm³/mol. The summed E-state index contributed by atoms with van der Waals surface area (Å²) in [4.78, 5) is 1.48. The summed E-state index contributed by atoms with van der Waals surface area (Å²) in [5.74, 6) is 0. The van der Waals surface area contributed by atoms with Crippen molar-refractivity contribution in [1.29, 1.82) is 0 Å². The average Bonchev–Trinajstić information content (AvgIpc) is 2.42. The van der Waals surface area contributed by atoms with Crippen LogP contribution in [-0.2, 0) is 12.7 Å². The number of hydrogen-bond acceptors (Lipinski definition) is 2. The molecule has 0 radical (unpaired) electrons. The zero-order valence-electron chi connectivity index (χ0n) is 11.8. The zero-order chi connectivity index (χ0) is 15.6. The van der Waals surface area contributed by atoms with Crippen LogP contribution in [0.3, 0.4) is 0 Å². The minimum Gasteiger partial charge on any atom is -0.326 e. The van der Waals surface area contributed by atoms with E-state index in [0.29, 0.717) is 4.90 Å². The van der Waals surface area contributed by atoms with Crippen LogP contribution in [0.5, 0.6) is 0 Å². The monoisotopic (exact) mass is 311 g/mol. The van der Waals surface area contributed by atoms with E-state index in [1.807, 2.05) is 32.0 Å². The Balaban J connectivity index is 2.34. The predicted octanol–water partition coefficient (Wildman–Crippen LogP) is 4.93. The van der Waals surface area contributed by atoms with E-state index in [1.165, 1.54) is 23.9 Å². The summed E-state index contributed by atoms with van der Waals surface area (Å²) in [5, 5.41) is 0. The molecule has 0 saturated carbocycles. The van der Waals surface area contributed by atoms with Crippen molar-refractivity contribution in [3.63, 3.8) is 0 Å². The maximum Gasteiger partial charge on any atom is 0.416 e. The lowest BCUT2D eigenvalue weighted by atomic mass is 10.1. The maximum absolute atomic E-state index is 13.0. The molecule has 2 N–H and O–H groups in total. The number of hydrogen-bond donors (Lipinski definition) is 1. The molecule has 0 fully saturated rings. The summed E-state index contributed by atoms with van der Waals surface area (Å²) in [5.41, 5.74) is 7.12. The van der Waals surface area contributed by atoms with Gasteiger partial charge < -0.3 is 5.73 Å². The number of nitrogens with two attached hydrogens (primary N) is 1. The highest BCUT2D eigenvalue weighted by Crippen LogP contribution is 2.36. The van der Waals surface area contributed by atoms with Gasteiger partial charge in [-0.25, -0.2) is 0 Å². The first kappa shape index (κ1) is 15.9. The summed E-state index contributed by atoms with van der Waals surface area (Å²) >= 11 is 1.32. The quantitative estimate of drug-likeness (QED) is 0.869. The van der Waals surface area contributed by atoms with Crippen LogP contribution >= 0.6 is 11.8 Å². The first-order chi connectivity index (χ1) is 9.81. The molecule has 0 aliphatic rings. The summed E-state index contributed by atoms with van der Waals surface area (Å²) < 4.78 is 39.0. The molecule has 21 heavy (non-hydrogen) atoms. The molecule has 2 aromatic rings. The molecule has 112 valence electrons. The van der Waals surface area contributed by atoms with Gasteiger partial charge in [0.05, 0.1) is 5.56 Å². The lowest BCUT2D eigenvalue weighted by Crippen LogP contribution is -2.11. The van der Waals surface area contributed by atoms with Crippen LogP contribution in [0.2, 0.25) is 0 Å². The van der Waals surface area contributed by atoms with Crippen molar-refractivity contribution in [3.05, 3.63) is 58.7 Å². The maximum atomic E-state index is 13.0. The number of aryl methyl sites for hydroxylation is 2. The van der Waals surface area contributed by atoms with Crippen LogP contribution in [0, 0.1) is 13.8 Å². The molecular weight excluding hydrogens is 295 g/mol. The number of benzene rings is 2. The van der Waals surface area contributed by atoms with Crippen molar-refractivity contribution in [1.82, 2.24) is 0 Å². The van der Waals surface area contributed by atoms with Gasteiger partial charge in [-0.05, 0) is 54.8 Å². The molecule has 0 amide bonds. The molecule has 0 saturated heterocycles. The third-order valence-electron chi connectivity index (χ3n) is 3.32. The smallest absolute Gasteiger partial charge is 0.326 e. The van der Waals surface area contributed by atoms with Crippen LogP contribution < -0.4 is 5.73 Å². The van der Waals surface area contributed by atoms with E-state index < -0.39 is 11.7 Å². The zero-order valence-corrected chi connectivity index (χ0v) is 12.6. The Kier molecular flexibility index (Phi) is 4.64. The SMILES string of the molecule is Cc1ccc(Sc2ccc(CN)c(C(F)(F)F)c2)cc1C. The van der Waals surface area contributed by atoms with E-state index in [-0.39, 0.29) is 12.1 Å². The average molecular weight is 311 g/mol. The van der Waals surface area contributed by atoms with Crippen molar-refractivity contribution in [2.45, 2.75) is 36.4 Å². The Bertz CT molecular complexity index is 650. The molecule has 0 aromatic heterocycles. The minimum atomic E-state index is -4.38. The molecule has 5 heteroatoms. The van der Waals surface area contributed by atoms with Gasteiger partial charge in [0.15, 0.2) is 0 Å². The third kappa shape index (κ3) is 3.80. The van der Waals surface area contributed by atoms with E-state index >= 15 is 0 Å². The molecule has 2 aromatic carbocycles. The van der Waals surface area contributed by atoms with Gasteiger partial charge in [-0.2, -0.15) is 13.2 Å². The fourth-order valence-corrected chi connectivity index (χ4v) is 2.93. The molecule has 1 nitrogen and oxygen atoms in total. The molecule has 0 aliphatic carbocycles. The van der Waals surface area contributed by atoms with Gasteiger partial charge in [0, 0.05) is 16.3 Å². The Hall–Kier alpha value is -1.46. The van der Waals surface area contributed by atoms with Crippen LogP contribution in [0.1, 0.15) is 22.3 Å². The van der Waals surface area contributed by atoms with Gasteiger partial charge in [-0.1, -0.05) is 23.9 Å². The molecule has 2 rings (SSSR count). The molecule has 0 aliphatic heterocycles. The second kappa shape index (κ2) is 6.12.